The van der Waals surface area contributed by atoms with Crippen LogP contribution in [0.15, 0.2) is 36.7 Å². The number of carbonyl (C=O) groups is 1. The number of hydrogen-bond donors (Lipinski definition) is 1. The van der Waals surface area contributed by atoms with Gasteiger partial charge in [0.15, 0.2) is 0 Å². The van der Waals surface area contributed by atoms with Crippen LogP contribution >= 0.6 is 35.0 Å². The molecule has 1 aliphatic heterocycles. The Hall–Kier alpha value is -2.09. The van der Waals surface area contributed by atoms with Crippen molar-refractivity contribution in [3.8, 4) is 11.1 Å². The van der Waals surface area contributed by atoms with Gasteiger partial charge in [0.2, 0.25) is 0 Å². The number of hydrogen-bond acceptors (Lipinski definition) is 5. The van der Waals surface area contributed by atoms with Crippen LogP contribution in [0.25, 0.3) is 16.8 Å². The molecule has 1 amide bonds. The van der Waals surface area contributed by atoms with Gasteiger partial charge in [0.05, 0.1) is 6.20 Å². The van der Waals surface area contributed by atoms with E-state index in [0.717, 1.165) is 52.8 Å². The van der Waals surface area contributed by atoms with E-state index >= 15 is 0 Å². The second-order valence-corrected chi connectivity index (χ2v) is 10.7. The lowest BCUT2D eigenvalue weighted by Gasteiger charge is -2.27. The molecule has 0 aliphatic carbocycles. The molecule has 6 nitrogen and oxygen atoms in total. The topological polar surface area (TPSA) is 58.9 Å². The van der Waals surface area contributed by atoms with Crippen molar-refractivity contribution in [2.75, 3.05) is 29.5 Å². The average Bonchev–Trinajstić information content (AvgIpc) is 3.14. The van der Waals surface area contributed by atoms with Crippen LogP contribution in [0.2, 0.25) is 10.0 Å². The number of anilines is 1. The van der Waals surface area contributed by atoms with Crippen molar-refractivity contribution in [1.82, 2.24) is 14.7 Å². The number of rotatable bonds is 4. The number of pyridine rings is 1. The van der Waals surface area contributed by atoms with Gasteiger partial charge in [-0.05, 0) is 44.5 Å². The van der Waals surface area contributed by atoms with Crippen molar-refractivity contribution in [3.05, 3.63) is 52.3 Å². The summed E-state index contributed by atoms with van der Waals surface area (Å²) in [5.74, 6) is 3.25. The SMILES string of the molecule is CC(C)(C)OC(=O)NCc1cc2ncc(N3CCSCC3)n2cc1-c1ccc(Cl)cc1Cl. The van der Waals surface area contributed by atoms with Crippen LogP contribution in [-0.4, -0.2) is 45.7 Å². The van der Waals surface area contributed by atoms with Crippen molar-refractivity contribution in [3.63, 3.8) is 0 Å². The van der Waals surface area contributed by atoms with Gasteiger partial charge < -0.3 is 15.0 Å². The zero-order chi connectivity index (χ0) is 22.9. The summed E-state index contributed by atoms with van der Waals surface area (Å²) in [6, 6.07) is 7.43. The summed E-state index contributed by atoms with van der Waals surface area (Å²) in [4.78, 5) is 19.2. The monoisotopic (exact) mass is 492 g/mol. The predicted molar refractivity (Wildman–Crippen MR) is 133 cm³/mol. The molecule has 32 heavy (non-hydrogen) atoms. The zero-order valence-electron chi connectivity index (χ0n) is 18.3. The summed E-state index contributed by atoms with van der Waals surface area (Å²) in [7, 11) is 0. The van der Waals surface area contributed by atoms with E-state index < -0.39 is 11.7 Å². The lowest BCUT2D eigenvalue weighted by molar-refractivity contribution is 0.0523. The summed E-state index contributed by atoms with van der Waals surface area (Å²) >= 11 is 14.7. The molecule has 0 spiro atoms. The van der Waals surface area contributed by atoms with Gasteiger partial charge in [-0.1, -0.05) is 29.3 Å². The van der Waals surface area contributed by atoms with Crippen molar-refractivity contribution in [1.29, 1.82) is 0 Å². The van der Waals surface area contributed by atoms with E-state index in [1.807, 2.05) is 63.1 Å². The van der Waals surface area contributed by atoms with Crippen molar-refractivity contribution < 1.29 is 9.53 Å². The predicted octanol–water partition coefficient (Wildman–Crippen LogP) is 5.89. The van der Waals surface area contributed by atoms with E-state index in [4.69, 9.17) is 27.9 Å². The summed E-state index contributed by atoms with van der Waals surface area (Å²) < 4.78 is 7.48. The van der Waals surface area contributed by atoms with Gasteiger partial charge >= 0.3 is 6.09 Å². The van der Waals surface area contributed by atoms with E-state index in [0.29, 0.717) is 10.0 Å². The molecule has 1 aliphatic rings. The molecule has 4 rings (SSSR count). The second-order valence-electron chi connectivity index (χ2n) is 8.64. The number of imidazole rings is 1. The third-order valence-corrected chi connectivity index (χ3v) is 6.58. The molecule has 1 saturated heterocycles. The van der Waals surface area contributed by atoms with Crippen molar-refractivity contribution in [2.45, 2.75) is 32.9 Å². The summed E-state index contributed by atoms with van der Waals surface area (Å²) in [5.41, 5.74) is 2.88. The number of aromatic nitrogens is 2. The van der Waals surface area contributed by atoms with Gasteiger partial charge in [-0.2, -0.15) is 11.8 Å². The number of benzene rings is 1. The molecule has 9 heteroatoms. The molecule has 0 saturated carbocycles. The number of amides is 1. The summed E-state index contributed by atoms with van der Waals surface area (Å²) in [6.07, 6.45) is 3.48. The van der Waals surface area contributed by atoms with Crippen LogP contribution in [0.3, 0.4) is 0 Å². The van der Waals surface area contributed by atoms with Crippen LogP contribution < -0.4 is 10.2 Å². The molecule has 1 N–H and O–H groups in total. The average molecular weight is 493 g/mol. The first-order valence-corrected chi connectivity index (χ1v) is 12.4. The van der Waals surface area contributed by atoms with E-state index in [2.05, 4.69) is 19.6 Å². The first kappa shape index (κ1) is 23.1. The number of ether oxygens (including phenoxy) is 1. The molecule has 1 fully saturated rings. The van der Waals surface area contributed by atoms with Gasteiger partial charge in [-0.25, -0.2) is 9.78 Å². The Labute approximate surface area is 202 Å². The highest BCUT2D eigenvalue weighted by molar-refractivity contribution is 7.99. The fourth-order valence-corrected chi connectivity index (χ4v) is 5.07. The lowest BCUT2D eigenvalue weighted by Crippen LogP contribution is -2.33. The number of carbonyl (C=O) groups excluding carboxylic acids is 1. The maximum absolute atomic E-state index is 12.3. The summed E-state index contributed by atoms with van der Waals surface area (Å²) in [6.45, 7) is 7.76. The molecule has 0 unspecified atom stereocenters. The Balaban J connectivity index is 1.74. The normalized spacial score (nSPS) is 14.6. The number of nitrogens with one attached hydrogen (secondary N) is 1. The van der Waals surface area contributed by atoms with E-state index in [1.54, 1.807) is 6.07 Å². The minimum absolute atomic E-state index is 0.280. The Morgan fingerprint density at radius 1 is 1.19 bits per heavy atom. The maximum Gasteiger partial charge on any atom is 0.407 e. The minimum atomic E-state index is -0.568. The number of thioether (sulfide) groups is 1. The van der Waals surface area contributed by atoms with Crippen LogP contribution in [0.5, 0.6) is 0 Å². The highest BCUT2D eigenvalue weighted by Crippen LogP contribution is 2.34. The van der Waals surface area contributed by atoms with E-state index in [9.17, 15) is 4.79 Å². The van der Waals surface area contributed by atoms with Crippen LogP contribution in [0.4, 0.5) is 10.6 Å². The maximum atomic E-state index is 12.3. The van der Waals surface area contributed by atoms with Gasteiger partial charge in [0.25, 0.3) is 0 Å². The fraction of sp³-hybridized carbons (Fsp3) is 0.391. The van der Waals surface area contributed by atoms with Gasteiger partial charge in [-0.3, -0.25) is 4.40 Å². The fourth-order valence-electron chi connectivity index (χ4n) is 3.66. The molecular formula is C23H26Cl2N4O2S. The zero-order valence-corrected chi connectivity index (χ0v) is 20.7. The molecule has 0 bridgehead atoms. The van der Waals surface area contributed by atoms with Gasteiger partial charge in [0.1, 0.15) is 17.1 Å². The molecule has 3 heterocycles. The number of fused-ring (bicyclic) bond motifs is 1. The third kappa shape index (κ3) is 5.27. The number of alkyl carbamates (subject to hydrolysis) is 1. The van der Waals surface area contributed by atoms with Crippen LogP contribution in [-0.2, 0) is 11.3 Å². The molecule has 3 aromatic rings. The molecular weight excluding hydrogens is 467 g/mol. The van der Waals surface area contributed by atoms with Gasteiger partial charge in [-0.15, -0.1) is 0 Å². The van der Waals surface area contributed by atoms with Crippen LogP contribution in [0.1, 0.15) is 26.3 Å². The first-order chi connectivity index (χ1) is 15.2. The van der Waals surface area contributed by atoms with Gasteiger partial charge in [0, 0.05) is 58.5 Å². The van der Waals surface area contributed by atoms with E-state index in [1.165, 1.54) is 0 Å². The summed E-state index contributed by atoms with van der Waals surface area (Å²) in [5, 5.41) is 3.97. The smallest absolute Gasteiger partial charge is 0.407 e. The second kappa shape index (κ2) is 9.41. The Morgan fingerprint density at radius 3 is 2.62 bits per heavy atom. The lowest BCUT2D eigenvalue weighted by atomic mass is 10.0. The highest BCUT2D eigenvalue weighted by Gasteiger charge is 2.20. The largest absolute Gasteiger partial charge is 0.444 e. The standard InChI is InChI=1S/C23H26Cl2N4O2S/c1-23(2,3)31-22(30)27-12-15-10-20-26-13-21(28-6-8-32-9-7-28)29(20)14-18(15)17-5-4-16(24)11-19(17)25/h4-5,10-11,13-14H,6-9,12H2,1-3H3,(H,27,30). The molecule has 0 radical (unpaired) electrons. The van der Waals surface area contributed by atoms with Crippen LogP contribution in [0, 0.1) is 0 Å². The number of nitrogens with zero attached hydrogens (tertiary/aromatic N) is 3. The Bertz CT molecular complexity index is 1140. The highest BCUT2D eigenvalue weighted by atomic mass is 35.5. The van der Waals surface area contributed by atoms with E-state index in [-0.39, 0.29) is 6.54 Å². The van der Waals surface area contributed by atoms with Crippen molar-refractivity contribution >= 4 is 52.5 Å². The molecule has 1 aromatic carbocycles. The minimum Gasteiger partial charge on any atom is -0.444 e. The Kier molecular flexibility index (Phi) is 6.79. The quantitative estimate of drug-likeness (QED) is 0.492. The Morgan fingerprint density at radius 2 is 1.94 bits per heavy atom. The first-order valence-electron chi connectivity index (χ1n) is 10.5. The molecule has 2 aromatic heterocycles. The third-order valence-electron chi connectivity index (χ3n) is 5.09. The number of halogens is 2. The molecule has 0 atom stereocenters. The molecule has 170 valence electrons. The van der Waals surface area contributed by atoms with Crippen molar-refractivity contribution in [2.24, 2.45) is 0 Å².